The Morgan fingerprint density at radius 3 is 2.64 bits per heavy atom. The van der Waals surface area contributed by atoms with Gasteiger partial charge in [-0.2, -0.15) is 0 Å². The quantitative estimate of drug-likeness (QED) is 0.733. The second-order valence-electron chi connectivity index (χ2n) is 4.46. The molecular formula is C10H17N3O. The molecule has 1 aliphatic rings. The monoisotopic (exact) mass is 195 g/mol. The van der Waals surface area contributed by atoms with Crippen molar-refractivity contribution < 1.29 is 5.11 Å². The summed E-state index contributed by atoms with van der Waals surface area (Å²) in [5.41, 5.74) is 0.162. The lowest BCUT2D eigenvalue weighted by Gasteiger charge is -2.34. The highest BCUT2D eigenvalue weighted by atomic mass is 16.3. The fourth-order valence-corrected chi connectivity index (χ4v) is 2.21. The van der Waals surface area contributed by atoms with Gasteiger partial charge < -0.3 is 5.11 Å². The van der Waals surface area contributed by atoms with Gasteiger partial charge in [0.25, 0.3) is 0 Å². The van der Waals surface area contributed by atoms with E-state index in [-0.39, 0.29) is 0 Å². The molecule has 0 aliphatic heterocycles. The maximum atomic E-state index is 10.4. The average molecular weight is 195 g/mol. The lowest BCUT2D eigenvalue weighted by atomic mass is 9.78. The maximum absolute atomic E-state index is 10.4. The molecule has 1 N–H and O–H groups in total. The van der Waals surface area contributed by atoms with Gasteiger partial charge in [0.15, 0.2) is 0 Å². The predicted octanol–water partition coefficient (Wildman–Crippen LogP) is 1.21. The molecule has 4 heteroatoms. The zero-order valence-corrected chi connectivity index (χ0v) is 8.77. The first-order valence-corrected chi connectivity index (χ1v) is 5.19. The summed E-state index contributed by atoms with van der Waals surface area (Å²) in [4.78, 5) is 0. The van der Waals surface area contributed by atoms with E-state index in [2.05, 4.69) is 17.2 Å². The third kappa shape index (κ3) is 1.54. The van der Waals surface area contributed by atoms with Gasteiger partial charge in [-0.15, -0.1) is 5.10 Å². The van der Waals surface area contributed by atoms with Crippen LogP contribution in [0.2, 0.25) is 0 Å². The Morgan fingerprint density at radius 1 is 1.50 bits per heavy atom. The SMILES string of the molecule is CC1CCC(O)(c2cnnn2C)CC1. The lowest BCUT2D eigenvalue weighted by Crippen LogP contribution is -2.32. The number of rotatable bonds is 1. The Kier molecular flexibility index (Phi) is 2.31. The summed E-state index contributed by atoms with van der Waals surface area (Å²) < 4.78 is 1.68. The van der Waals surface area contributed by atoms with Gasteiger partial charge in [-0.3, -0.25) is 0 Å². The summed E-state index contributed by atoms with van der Waals surface area (Å²) in [6, 6.07) is 0. The first-order valence-electron chi connectivity index (χ1n) is 5.19. The van der Waals surface area contributed by atoms with Crippen LogP contribution in [0.5, 0.6) is 0 Å². The maximum Gasteiger partial charge on any atom is 0.108 e. The molecule has 78 valence electrons. The van der Waals surface area contributed by atoms with E-state index in [0.717, 1.165) is 37.3 Å². The van der Waals surface area contributed by atoms with Gasteiger partial charge in [0, 0.05) is 7.05 Å². The fourth-order valence-electron chi connectivity index (χ4n) is 2.21. The normalized spacial score (nSPS) is 33.2. The number of hydrogen-bond donors (Lipinski definition) is 1. The summed E-state index contributed by atoms with van der Waals surface area (Å²) in [6.07, 6.45) is 5.50. The van der Waals surface area contributed by atoms with Gasteiger partial charge in [-0.25, -0.2) is 4.68 Å². The molecule has 1 aliphatic carbocycles. The smallest absolute Gasteiger partial charge is 0.108 e. The molecule has 0 saturated heterocycles. The van der Waals surface area contributed by atoms with E-state index in [1.54, 1.807) is 10.9 Å². The number of nitrogens with zero attached hydrogens (tertiary/aromatic N) is 3. The number of aliphatic hydroxyl groups is 1. The van der Waals surface area contributed by atoms with Gasteiger partial charge in [0.1, 0.15) is 5.60 Å². The molecule has 0 radical (unpaired) electrons. The minimum Gasteiger partial charge on any atom is -0.384 e. The van der Waals surface area contributed by atoms with E-state index >= 15 is 0 Å². The minimum absolute atomic E-state index is 0.690. The van der Waals surface area contributed by atoms with Crippen LogP contribution in [0.1, 0.15) is 38.3 Å². The standard InChI is InChI=1S/C10H17N3O/c1-8-3-5-10(14,6-4-8)9-7-11-12-13(9)2/h7-8,14H,3-6H2,1-2H3. The summed E-state index contributed by atoms with van der Waals surface area (Å²) in [7, 11) is 1.83. The largest absolute Gasteiger partial charge is 0.384 e. The summed E-state index contributed by atoms with van der Waals surface area (Å²) in [6.45, 7) is 2.24. The van der Waals surface area contributed by atoms with Crippen molar-refractivity contribution in [2.24, 2.45) is 13.0 Å². The zero-order chi connectivity index (χ0) is 10.2. The highest BCUT2D eigenvalue weighted by molar-refractivity contribution is 5.09. The van der Waals surface area contributed by atoms with E-state index in [1.807, 2.05) is 7.05 Å². The van der Waals surface area contributed by atoms with Crippen LogP contribution in [-0.4, -0.2) is 20.1 Å². The zero-order valence-electron chi connectivity index (χ0n) is 8.77. The molecule has 0 aromatic carbocycles. The molecule has 1 aromatic heterocycles. The van der Waals surface area contributed by atoms with Crippen molar-refractivity contribution in [2.45, 2.75) is 38.2 Å². The number of aryl methyl sites for hydroxylation is 1. The van der Waals surface area contributed by atoms with Crippen molar-refractivity contribution in [1.82, 2.24) is 15.0 Å². The highest BCUT2D eigenvalue weighted by Gasteiger charge is 2.36. The Labute approximate surface area is 83.9 Å². The minimum atomic E-state index is -0.690. The molecule has 1 fully saturated rings. The van der Waals surface area contributed by atoms with Crippen molar-refractivity contribution in [3.63, 3.8) is 0 Å². The van der Waals surface area contributed by atoms with Crippen LogP contribution in [0, 0.1) is 5.92 Å². The van der Waals surface area contributed by atoms with E-state index in [0.29, 0.717) is 0 Å². The van der Waals surface area contributed by atoms with E-state index in [9.17, 15) is 5.11 Å². The van der Waals surface area contributed by atoms with Crippen molar-refractivity contribution in [1.29, 1.82) is 0 Å². The van der Waals surface area contributed by atoms with Gasteiger partial charge in [-0.1, -0.05) is 12.1 Å². The molecule has 2 rings (SSSR count). The van der Waals surface area contributed by atoms with E-state index in [4.69, 9.17) is 0 Å². The Bertz CT molecular complexity index is 313. The van der Waals surface area contributed by atoms with Gasteiger partial charge in [0.2, 0.25) is 0 Å². The molecule has 0 spiro atoms. The van der Waals surface area contributed by atoms with Crippen LogP contribution < -0.4 is 0 Å². The molecule has 0 unspecified atom stereocenters. The highest BCUT2D eigenvalue weighted by Crippen LogP contribution is 2.38. The predicted molar refractivity (Wildman–Crippen MR) is 52.5 cm³/mol. The molecule has 4 nitrogen and oxygen atoms in total. The van der Waals surface area contributed by atoms with Crippen LogP contribution in [0.3, 0.4) is 0 Å². The molecule has 1 saturated carbocycles. The third-order valence-electron chi connectivity index (χ3n) is 3.29. The van der Waals surface area contributed by atoms with Crippen LogP contribution in [0.25, 0.3) is 0 Å². The van der Waals surface area contributed by atoms with Crippen molar-refractivity contribution >= 4 is 0 Å². The fraction of sp³-hybridized carbons (Fsp3) is 0.800. The number of hydrogen-bond acceptors (Lipinski definition) is 3. The van der Waals surface area contributed by atoms with Gasteiger partial charge in [0.05, 0.1) is 11.9 Å². The summed E-state index contributed by atoms with van der Waals surface area (Å²) >= 11 is 0. The second kappa shape index (κ2) is 3.35. The van der Waals surface area contributed by atoms with Crippen molar-refractivity contribution in [3.05, 3.63) is 11.9 Å². The Morgan fingerprint density at radius 2 is 2.14 bits per heavy atom. The summed E-state index contributed by atoms with van der Waals surface area (Å²) in [5.74, 6) is 0.733. The molecule has 14 heavy (non-hydrogen) atoms. The number of aromatic nitrogens is 3. The van der Waals surface area contributed by atoms with Crippen molar-refractivity contribution in [3.8, 4) is 0 Å². The van der Waals surface area contributed by atoms with Crippen LogP contribution in [-0.2, 0) is 12.6 Å². The third-order valence-corrected chi connectivity index (χ3v) is 3.29. The van der Waals surface area contributed by atoms with Crippen LogP contribution >= 0.6 is 0 Å². The molecule has 1 aromatic rings. The molecule has 0 amide bonds. The Hall–Kier alpha value is -0.900. The van der Waals surface area contributed by atoms with E-state index < -0.39 is 5.60 Å². The van der Waals surface area contributed by atoms with E-state index in [1.165, 1.54) is 0 Å². The first-order chi connectivity index (χ1) is 6.62. The second-order valence-corrected chi connectivity index (χ2v) is 4.46. The molecule has 0 bridgehead atoms. The van der Waals surface area contributed by atoms with Gasteiger partial charge >= 0.3 is 0 Å². The first kappa shape index (κ1) is 9.65. The van der Waals surface area contributed by atoms with Crippen LogP contribution in [0.15, 0.2) is 6.20 Å². The van der Waals surface area contributed by atoms with Crippen molar-refractivity contribution in [2.75, 3.05) is 0 Å². The Balaban J connectivity index is 2.21. The van der Waals surface area contributed by atoms with Crippen LogP contribution in [0.4, 0.5) is 0 Å². The average Bonchev–Trinajstić information content (AvgIpc) is 2.58. The molecule has 0 atom stereocenters. The lowest BCUT2D eigenvalue weighted by molar-refractivity contribution is -0.0189. The topological polar surface area (TPSA) is 50.9 Å². The van der Waals surface area contributed by atoms with Gasteiger partial charge in [-0.05, 0) is 31.6 Å². The summed E-state index contributed by atoms with van der Waals surface area (Å²) in [5, 5.41) is 18.1. The molecule has 1 heterocycles. The molecular weight excluding hydrogens is 178 g/mol.